The van der Waals surface area contributed by atoms with Crippen molar-refractivity contribution >= 4 is 5.97 Å². The highest BCUT2D eigenvalue weighted by molar-refractivity contribution is 5.70. The summed E-state index contributed by atoms with van der Waals surface area (Å²) in [7, 11) is 0. The average molecular weight is 278 g/mol. The van der Waals surface area contributed by atoms with E-state index in [0.29, 0.717) is 5.82 Å². The number of carboxylic acids is 1. The van der Waals surface area contributed by atoms with Gasteiger partial charge in [0.25, 0.3) is 0 Å². The molecule has 2 aromatic carbocycles. The molecule has 0 aliphatic rings. The van der Waals surface area contributed by atoms with Gasteiger partial charge in [-0.25, -0.2) is 4.98 Å². The van der Waals surface area contributed by atoms with Gasteiger partial charge in [0.15, 0.2) is 0 Å². The topological polar surface area (TPSA) is 55.1 Å². The van der Waals surface area contributed by atoms with Gasteiger partial charge in [-0.3, -0.25) is 4.79 Å². The summed E-state index contributed by atoms with van der Waals surface area (Å²) in [5.74, 6) is -0.221. The van der Waals surface area contributed by atoms with Crippen LogP contribution in [-0.4, -0.2) is 20.6 Å². The summed E-state index contributed by atoms with van der Waals surface area (Å²) in [4.78, 5) is 15.7. The van der Waals surface area contributed by atoms with Crippen LogP contribution in [0.4, 0.5) is 0 Å². The Morgan fingerprint density at radius 3 is 2.10 bits per heavy atom. The minimum Gasteiger partial charge on any atom is -0.480 e. The molecule has 1 heterocycles. The van der Waals surface area contributed by atoms with E-state index in [-0.39, 0.29) is 6.54 Å². The highest BCUT2D eigenvalue weighted by Crippen LogP contribution is 2.24. The molecule has 3 rings (SSSR count). The van der Waals surface area contributed by atoms with E-state index in [9.17, 15) is 4.79 Å². The zero-order valence-electron chi connectivity index (χ0n) is 11.3. The van der Waals surface area contributed by atoms with Crippen molar-refractivity contribution < 1.29 is 9.90 Å². The fraction of sp³-hybridized carbons (Fsp3) is 0.0588. The largest absolute Gasteiger partial charge is 0.480 e. The Bertz CT molecular complexity index is 749. The van der Waals surface area contributed by atoms with E-state index < -0.39 is 5.97 Å². The number of aromatic nitrogens is 2. The molecule has 4 nitrogen and oxygen atoms in total. The summed E-state index contributed by atoms with van der Waals surface area (Å²) < 4.78 is 1.67. The number of hydrogen-bond acceptors (Lipinski definition) is 2. The second kappa shape index (κ2) is 5.63. The number of aliphatic carboxylic acids is 1. The highest BCUT2D eigenvalue weighted by Gasteiger charge is 2.13. The van der Waals surface area contributed by atoms with Crippen LogP contribution >= 0.6 is 0 Å². The first-order chi connectivity index (χ1) is 10.2. The number of carboxylic acid groups (broad SMARTS) is 1. The molecule has 0 radical (unpaired) electrons. The van der Waals surface area contributed by atoms with Gasteiger partial charge in [-0.15, -0.1) is 0 Å². The molecule has 3 aromatic rings. The smallest absolute Gasteiger partial charge is 0.323 e. The van der Waals surface area contributed by atoms with Crippen molar-refractivity contribution in [1.82, 2.24) is 9.55 Å². The van der Waals surface area contributed by atoms with E-state index in [1.165, 1.54) is 0 Å². The van der Waals surface area contributed by atoms with E-state index in [4.69, 9.17) is 5.11 Å². The molecular formula is C17H14N2O2. The molecule has 0 saturated heterocycles. The lowest BCUT2D eigenvalue weighted by atomic mass is 10.2. The van der Waals surface area contributed by atoms with Crippen LogP contribution < -0.4 is 0 Å². The fourth-order valence-corrected chi connectivity index (χ4v) is 2.25. The number of nitrogens with zero attached hydrogens (tertiary/aromatic N) is 2. The molecule has 0 atom stereocenters. The number of imidazole rings is 1. The fourth-order valence-electron chi connectivity index (χ4n) is 2.25. The summed E-state index contributed by atoms with van der Waals surface area (Å²) in [6.07, 6.45) is 1.78. The Morgan fingerprint density at radius 1 is 0.952 bits per heavy atom. The Kier molecular flexibility index (Phi) is 3.51. The number of hydrogen-bond donors (Lipinski definition) is 1. The summed E-state index contributed by atoms with van der Waals surface area (Å²) in [6.45, 7) is -0.107. The predicted octanol–water partition coefficient (Wildman–Crippen LogP) is 3.30. The van der Waals surface area contributed by atoms with Crippen molar-refractivity contribution in [2.24, 2.45) is 0 Å². The zero-order chi connectivity index (χ0) is 14.7. The number of rotatable bonds is 4. The van der Waals surface area contributed by atoms with Gasteiger partial charge in [0.05, 0.1) is 5.69 Å². The van der Waals surface area contributed by atoms with Crippen molar-refractivity contribution in [2.45, 2.75) is 6.54 Å². The molecule has 0 amide bonds. The Labute approximate surface area is 122 Å². The number of benzene rings is 2. The van der Waals surface area contributed by atoms with Crippen LogP contribution in [0.1, 0.15) is 0 Å². The predicted molar refractivity (Wildman–Crippen MR) is 80.7 cm³/mol. The summed E-state index contributed by atoms with van der Waals surface area (Å²) in [5, 5.41) is 9.07. The molecule has 0 aliphatic heterocycles. The Hall–Kier alpha value is -2.88. The summed E-state index contributed by atoms with van der Waals surface area (Å²) in [5.41, 5.74) is 2.65. The van der Waals surface area contributed by atoms with Crippen LogP contribution in [0.25, 0.3) is 22.6 Å². The third-order valence-electron chi connectivity index (χ3n) is 3.18. The lowest BCUT2D eigenvalue weighted by Gasteiger charge is -2.04. The van der Waals surface area contributed by atoms with Crippen molar-refractivity contribution in [3.63, 3.8) is 0 Å². The second-order valence-electron chi connectivity index (χ2n) is 4.70. The minimum absolute atomic E-state index is 0.107. The molecule has 0 fully saturated rings. The standard InChI is InChI=1S/C17H14N2O2/c20-16(21)12-19-11-15(13-7-3-1-4-8-13)18-17(19)14-9-5-2-6-10-14/h1-11H,12H2,(H,20,21). The first kappa shape index (κ1) is 13.1. The molecule has 104 valence electrons. The summed E-state index contributed by atoms with van der Waals surface area (Å²) >= 11 is 0. The van der Waals surface area contributed by atoms with Gasteiger partial charge in [-0.05, 0) is 0 Å². The molecule has 0 unspecified atom stereocenters. The van der Waals surface area contributed by atoms with Crippen LogP contribution in [0.5, 0.6) is 0 Å². The van der Waals surface area contributed by atoms with E-state index in [0.717, 1.165) is 16.8 Å². The van der Waals surface area contributed by atoms with Gasteiger partial charge >= 0.3 is 5.97 Å². The first-order valence-electron chi connectivity index (χ1n) is 6.64. The third-order valence-corrected chi connectivity index (χ3v) is 3.18. The van der Waals surface area contributed by atoms with Crippen LogP contribution in [-0.2, 0) is 11.3 Å². The molecule has 0 spiro atoms. The van der Waals surface area contributed by atoms with E-state index in [1.54, 1.807) is 10.8 Å². The van der Waals surface area contributed by atoms with Gasteiger partial charge in [0, 0.05) is 17.3 Å². The molecule has 0 saturated carbocycles. The van der Waals surface area contributed by atoms with Gasteiger partial charge < -0.3 is 9.67 Å². The monoisotopic (exact) mass is 278 g/mol. The van der Waals surface area contributed by atoms with E-state index in [2.05, 4.69) is 4.98 Å². The van der Waals surface area contributed by atoms with Crippen LogP contribution in [0, 0.1) is 0 Å². The summed E-state index contributed by atoms with van der Waals surface area (Å²) in [6, 6.07) is 19.3. The van der Waals surface area contributed by atoms with Crippen LogP contribution in [0.3, 0.4) is 0 Å². The normalized spacial score (nSPS) is 10.5. The Balaban J connectivity index is 2.10. The van der Waals surface area contributed by atoms with E-state index >= 15 is 0 Å². The maximum atomic E-state index is 11.0. The maximum Gasteiger partial charge on any atom is 0.323 e. The van der Waals surface area contributed by atoms with Gasteiger partial charge in [-0.1, -0.05) is 60.7 Å². The second-order valence-corrected chi connectivity index (χ2v) is 4.70. The lowest BCUT2D eigenvalue weighted by molar-refractivity contribution is -0.137. The lowest BCUT2D eigenvalue weighted by Crippen LogP contribution is -2.09. The quantitative estimate of drug-likeness (QED) is 0.796. The van der Waals surface area contributed by atoms with Crippen molar-refractivity contribution in [1.29, 1.82) is 0 Å². The number of carbonyl (C=O) groups is 1. The minimum atomic E-state index is -0.885. The molecule has 4 heteroatoms. The average Bonchev–Trinajstić information content (AvgIpc) is 2.92. The van der Waals surface area contributed by atoms with E-state index in [1.807, 2.05) is 60.7 Å². The zero-order valence-corrected chi connectivity index (χ0v) is 11.3. The van der Waals surface area contributed by atoms with Crippen molar-refractivity contribution in [2.75, 3.05) is 0 Å². The molecule has 21 heavy (non-hydrogen) atoms. The molecule has 0 bridgehead atoms. The molecule has 1 N–H and O–H groups in total. The van der Waals surface area contributed by atoms with Crippen LogP contribution in [0.15, 0.2) is 66.9 Å². The maximum absolute atomic E-state index is 11.0. The first-order valence-corrected chi connectivity index (χ1v) is 6.64. The van der Waals surface area contributed by atoms with Gasteiger partial charge in [0.2, 0.25) is 0 Å². The Morgan fingerprint density at radius 2 is 1.52 bits per heavy atom. The van der Waals surface area contributed by atoms with Gasteiger partial charge in [0.1, 0.15) is 12.4 Å². The van der Waals surface area contributed by atoms with Gasteiger partial charge in [-0.2, -0.15) is 0 Å². The highest BCUT2D eigenvalue weighted by atomic mass is 16.4. The molecule has 0 aliphatic carbocycles. The van der Waals surface area contributed by atoms with Crippen molar-refractivity contribution in [3.05, 3.63) is 66.9 Å². The molecular weight excluding hydrogens is 264 g/mol. The third kappa shape index (κ3) is 2.84. The molecule has 1 aromatic heterocycles. The van der Waals surface area contributed by atoms with Crippen molar-refractivity contribution in [3.8, 4) is 22.6 Å². The van der Waals surface area contributed by atoms with Crippen LogP contribution in [0.2, 0.25) is 0 Å². The SMILES string of the molecule is O=C(O)Cn1cc(-c2ccccc2)nc1-c1ccccc1.